The summed E-state index contributed by atoms with van der Waals surface area (Å²) in [5.74, 6) is 0.728. The van der Waals surface area contributed by atoms with E-state index in [1.54, 1.807) is 20.2 Å². The van der Waals surface area contributed by atoms with Crippen molar-refractivity contribution in [1.82, 2.24) is 15.5 Å². The summed E-state index contributed by atoms with van der Waals surface area (Å²) in [5, 5.41) is 6.75. The average molecular weight is 558 g/mol. The number of alkyl halides is 3. The lowest BCUT2D eigenvalue weighted by Crippen LogP contribution is -2.48. The number of guanidine groups is 1. The van der Waals surface area contributed by atoms with E-state index in [4.69, 9.17) is 9.47 Å². The van der Waals surface area contributed by atoms with Gasteiger partial charge in [0.15, 0.2) is 5.96 Å². The van der Waals surface area contributed by atoms with Gasteiger partial charge in [-0.3, -0.25) is 4.99 Å². The van der Waals surface area contributed by atoms with Crippen LogP contribution in [0.15, 0.2) is 29.3 Å². The number of nitrogens with zero attached hydrogens (tertiary/aromatic N) is 2. The maximum Gasteiger partial charge on any atom is 0.411 e. The maximum atomic E-state index is 12.2. The van der Waals surface area contributed by atoms with Gasteiger partial charge in [0.2, 0.25) is 0 Å². The van der Waals surface area contributed by atoms with E-state index in [1.165, 1.54) is 0 Å². The zero-order valence-corrected chi connectivity index (χ0v) is 20.5. The van der Waals surface area contributed by atoms with E-state index in [0.717, 1.165) is 57.0 Å². The van der Waals surface area contributed by atoms with Crippen molar-refractivity contribution in [3.8, 4) is 0 Å². The third kappa shape index (κ3) is 11.9. The Morgan fingerprint density at radius 2 is 1.94 bits per heavy atom. The number of methoxy groups -OCH3 is 1. The Hall–Kier alpha value is -1.11. The van der Waals surface area contributed by atoms with E-state index in [9.17, 15) is 13.2 Å². The van der Waals surface area contributed by atoms with Crippen molar-refractivity contribution in [3.63, 3.8) is 0 Å². The molecule has 6 nitrogen and oxygen atoms in total. The second-order valence-corrected chi connectivity index (χ2v) is 7.46. The third-order valence-electron chi connectivity index (χ3n) is 4.96. The Bertz CT molecular complexity index is 654. The largest absolute Gasteiger partial charge is 0.411 e. The van der Waals surface area contributed by atoms with Crippen LogP contribution in [0.5, 0.6) is 0 Å². The van der Waals surface area contributed by atoms with E-state index < -0.39 is 12.8 Å². The van der Waals surface area contributed by atoms with Crippen LogP contribution in [0.2, 0.25) is 0 Å². The number of hydrogen-bond acceptors (Lipinski definition) is 4. The van der Waals surface area contributed by atoms with E-state index in [1.807, 2.05) is 18.2 Å². The van der Waals surface area contributed by atoms with E-state index in [0.29, 0.717) is 18.2 Å². The summed E-state index contributed by atoms with van der Waals surface area (Å²) in [6.45, 7) is 3.20. The van der Waals surface area contributed by atoms with Gasteiger partial charge in [-0.1, -0.05) is 24.3 Å². The van der Waals surface area contributed by atoms with Crippen molar-refractivity contribution < 1.29 is 22.6 Å². The highest BCUT2D eigenvalue weighted by molar-refractivity contribution is 14.0. The van der Waals surface area contributed by atoms with E-state index in [-0.39, 0.29) is 30.6 Å². The van der Waals surface area contributed by atoms with Gasteiger partial charge < -0.3 is 25.0 Å². The molecule has 0 unspecified atom stereocenters. The summed E-state index contributed by atoms with van der Waals surface area (Å²) in [7, 11) is 3.46. The van der Waals surface area contributed by atoms with Gasteiger partial charge in [0.1, 0.15) is 6.61 Å². The molecule has 0 atom stereocenters. The zero-order valence-electron chi connectivity index (χ0n) is 18.2. The summed E-state index contributed by atoms with van der Waals surface area (Å²) >= 11 is 0. The van der Waals surface area contributed by atoms with Gasteiger partial charge in [-0.25, -0.2) is 0 Å². The summed E-state index contributed by atoms with van der Waals surface area (Å²) in [6, 6.07) is 7.71. The molecular weight excluding hydrogens is 524 g/mol. The number of aliphatic imine (C=N–C) groups is 1. The lowest BCUT2D eigenvalue weighted by Gasteiger charge is -2.33. The fourth-order valence-electron chi connectivity index (χ4n) is 3.42. The van der Waals surface area contributed by atoms with Gasteiger partial charge in [-0.05, 0) is 30.4 Å². The Kier molecular flexibility index (Phi) is 13.4. The number of hydrogen-bond donors (Lipinski definition) is 2. The Labute approximate surface area is 200 Å². The van der Waals surface area contributed by atoms with Crippen LogP contribution in [-0.2, 0) is 22.6 Å². The van der Waals surface area contributed by atoms with Gasteiger partial charge in [0.25, 0.3) is 0 Å². The monoisotopic (exact) mass is 558 g/mol. The summed E-state index contributed by atoms with van der Waals surface area (Å²) < 4.78 is 46.5. The molecule has 31 heavy (non-hydrogen) atoms. The molecule has 1 aromatic carbocycles. The van der Waals surface area contributed by atoms with Gasteiger partial charge in [0.05, 0.1) is 6.61 Å². The normalized spacial score (nSPS) is 16.1. The molecule has 2 rings (SSSR count). The Morgan fingerprint density at radius 3 is 2.58 bits per heavy atom. The molecule has 178 valence electrons. The number of piperidine rings is 1. The highest BCUT2D eigenvalue weighted by atomic mass is 127. The Balaban J connectivity index is 0.00000480. The van der Waals surface area contributed by atoms with Gasteiger partial charge in [0, 0.05) is 53.0 Å². The molecule has 1 aromatic rings. The molecule has 0 spiro atoms. The predicted octanol–water partition coefficient (Wildman–Crippen LogP) is 3.55. The molecule has 2 N–H and O–H groups in total. The first-order chi connectivity index (χ1) is 14.4. The number of benzene rings is 1. The highest BCUT2D eigenvalue weighted by Gasteiger charge is 2.27. The second-order valence-electron chi connectivity index (χ2n) is 7.46. The molecular formula is C21H34F3IN4O2. The lowest BCUT2D eigenvalue weighted by atomic mass is 10.1. The fraction of sp³-hybridized carbons (Fsp3) is 0.667. The standard InChI is InChI=1S/C21H33F3N4O2.HI/c1-25-20(27-19-7-10-28(11-8-19)9-4-12-29-2)26-14-17-5-3-6-18(13-17)15-30-16-21(22,23)24;/h3,5-6,13,19H,4,7-12,14-16H2,1-2H3,(H2,25,26,27);1H. The molecule has 1 saturated heterocycles. The van der Waals surface area contributed by atoms with Crippen LogP contribution >= 0.6 is 24.0 Å². The summed E-state index contributed by atoms with van der Waals surface area (Å²) in [4.78, 5) is 6.75. The van der Waals surface area contributed by atoms with Crippen molar-refractivity contribution in [3.05, 3.63) is 35.4 Å². The number of likely N-dealkylation sites (tertiary alicyclic amines) is 1. The van der Waals surface area contributed by atoms with Crippen molar-refractivity contribution in [1.29, 1.82) is 0 Å². The fourth-order valence-corrected chi connectivity index (χ4v) is 3.42. The van der Waals surface area contributed by atoms with Crippen molar-refractivity contribution in [2.75, 3.05) is 47.0 Å². The molecule has 1 aliphatic rings. The number of nitrogens with one attached hydrogen (secondary N) is 2. The SMILES string of the molecule is CN=C(NCc1cccc(COCC(F)(F)F)c1)NC1CCN(CCCOC)CC1.I. The molecule has 1 aliphatic heterocycles. The highest BCUT2D eigenvalue weighted by Crippen LogP contribution is 2.16. The molecule has 0 bridgehead atoms. The number of ether oxygens (including phenoxy) is 2. The van der Waals surface area contributed by atoms with Crippen LogP contribution < -0.4 is 10.6 Å². The van der Waals surface area contributed by atoms with Crippen molar-refractivity contribution in [2.45, 2.75) is 44.6 Å². The van der Waals surface area contributed by atoms with Crippen LogP contribution in [0.25, 0.3) is 0 Å². The molecule has 10 heteroatoms. The molecule has 0 aromatic heterocycles. The predicted molar refractivity (Wildman–Crippen MR) is 127 cm³/mol. The molecule has 0 aliphatic carbocycles. The van der Waals surface area contributed by atoms with Gasteiger partial charge >= 0.3 is 6.18 Å². The molecule has 1 fully saturated rings. The minimum Gasteiger partial charge on any atom is -0.385 e. The topological polar surface area (TPSA) is 58.1 Å². The van der Waals surface area contributed by atoms with E-state index in [2.05, 4.69) is 20.5 Å². The quantitative estimate of drug-likeness (QED) is 0.199. The first-order valence-electron chi connectivity index (χ1n) is 10.3. The van der Waals surface area contributed by atoms with Crippen molar-refractivity contribution >= 4 is 29.9 Å². The maximum absolute atomic E-state index is 12.2. The molecule has 0 amide bonds. The summed E-state index contributed by atoms with van der Waals surface area (Å²) in [5.41, 5.74) is 1.67. The minimum absolute atomic E-state index is 0. The van der Waals surface area contributed by atoms with Gasteiger partial charge in [-0.15, -0.1) is 24.0 Å². The van der Waals surface area contributed by atoms with Crippen LogP contribution in [0, 0.1) is 0 Å². The van der Waals surface area contributed by atoms with Crippen LogP contribution in [0.3, 0.4) is 0 Å². The first kappa shape index (κ1) is 27.9. The smallest absolute Gasteiger partial charge is 0.385 e. The van der Waals surface area contributed by atoms with E-state index >= 15 is 0 Å². The van der Waals surface area contributed by atoms with Crippen molar-refractivity contribution in [2.24, 2.45) is 4.99 Å². The minimum atomic E-state index is -4.31. The zero-order chi connectivity index (χ0) is 21.8. The number of rotatable bonds is 10. The molecule has 0 radical (unpaired) electrons. The van der Waals surface area contributed by atoms with Gasteiger partial charge in [-0.2, -0.15) is 13.2 Å². The lowest BCUT2D eigenvalue weighted by molar-refractivity contribution is -0.176. The Morgan fingerprint density at radius 1 is 1.23 bits per heavy atom. The molecule has 0 saturated carbocycles. The number of halogens is 4. The van der Waals surface area contributed by atoms with Crippen LogP contribution in [0.1, 0.15) is 30.4 Å². The first-order valence-corrected chi connectivity index (χ1v) is 10.3. The van der Waals surface area contributed by atoms with Crippen LogP contribution in [-0.4, -0.2) is 70.1 Å². The molecule has 1 heterocycles. The summed E-state index contributed by atoms with van der Waals surface area (Å²) in [6.07, 6.45) is -1.14. The third-order valence-corrected chi connectivity index (χ3v) is 4.96. The second kappa shape index (κ2) is 14.9. The average Bonchev–Trinajstić information content (AvgIpc) is 2.72. The van der Waals surface area contributed by atoms with Crippen LogP contribution in [0.4, 0.5) is 13.2 Å².